The van der Waals surface area contributed by atoms with E-state index in [9.17, 15) is 22.4 Å². The Kier molecular flexibility index (Phi) is 6.21. The first-order valence-electron chi connectivity index (χ1n) is 10.6. The van der Waals surface area contributed by atoms with Crippen molar-refractivity contribution in [3.05, 3.63) is 30.2 Å². The zero-order chi connectivity index (χ0) is 25.5. The number of aryl methyl sites for hydroxylation is 1. The van der Waals surface area contributed by atoms with Crippen molar-refractivity contribution in [3.8, 4) is 11.3 Å². The lowest BCUT2D eigenvalue weighted by Crippen LogP contribution is -2.25. The van der Waals surface area contributed by atoms with Gasteiger partial charge < -0.3 is 20.9 Å². The average Bonchev–Trinajstić information content (AvgIpc) is 3.45. The summed E-state index contributed by atoms with van der Waals surface area (Å²) in [5.74, 6) is 0.383. The largest absolute Gasteiger partial charge is 0.406 e. The Morgan fingerprint density at radius 1 is 1.17 bits per heavy atom. The van der Waals surface area contributed by atoms with E-state index in [0.29, 0.717) is 41.8 Å². The molecule has 4 aromatic rings. The lowest BCUT2D eigenvalue weighted by molar-refractivity contribution is -0.140. The molecular formula is C21H23F4N9O. The van der Waals surface area contributed by atoms with Gasteiger partial charge in [-0.25, -0.2) is 18.9 Å². The third kappa shape index (κ3) is 5.10. The number of pyridine rings is 1. The Labute approximate surface area is 196 Å². The van der Waals surface area contributed by atoms with E-state index < -0.39 is 18.9 Å². The van der Waals surface area contributed by atoms with Gasteiger partial charge in [-0.15, -0.1) is 5.10 Å². The number of hydrogen-bond acceptors (Lipinski definition) is 7. The molecule has 0 aromatic carbocycles. The second-order valence-corrected chi connectivity index (χ2v) is 8.13. The summed E-state index contributed by atoms with van der Waals surface area (Å²) in [5.41, 5.74) is 13.5. The maximum Gasteiger partial charge on any atom is 0.406 e. The fourth-order valence-corrected chi connectivity index (χ4v) is 3.91. The maximum atomic E-state index is 12.9. The van der Waals surface area contributed by atoms with Crippen molar-refractivity contribution in [2.75, 3.05) is 24.6 Å². The maximum absolute atomic E-state index is 12.9. The highest BCUT2D eigenvalue weighted by Crippen LogP contribution is 2.30. The van der Waals surface area contributed by atoms with Gasteiger partial charge in [-0.1, -0.05) is 0 Å². The van der Waals surface area contributed by atoms with Crippen LogP contribution in [-0.2, 0) is 11.3 Å². The summed E-state index contributed by atoms with van der Waals surface area (Å²) >= 11 is 0. The Morgan fingerprint density at radius 3 is 2.51 bits per heavy atom. The van der Waals surface area contributed by atoms with Gasteiger partial charge in [0.15, 0.2) is 11.5 Å². The molecule has 1 aliphatic rings. The molecule has 0 unspecified atom stereocenters. The average molecular weight is 493 g/mol. The lowest BCUT2D eigenvalue weighted by Gasteiger charge is -2.10. The van der Waals surface area contributed by atoms with E-state index in [1.165, 1.54) is 23.3 Å². The number of amides is 1. The van der Waals surface area contributed by atoms with E-state index in [4.69, 9.17) is 11.5 Å². The number of anilines is 2. The molecule has 0 saturated carbocycles. The summed E-state index contributed by atoms with van der Waals surface area (Å²) in [5, 5.41) is 4.02. The Balaban J connectivity index is 0.000000271. The molecule has 1 fully saturated rings. The van der Waals surface area contributed by atoms with E-state index in [-0.39, 0.29) is 29.1 Å². The van der Waals surface area contributed by atoms with Crippen LogP contribution in [0, 0.1) is 6.92 Å². The first kappa shape index (κ1) is 24.2. The molecule has 1 aliphatic heterocycles. The number of nitrogens with two attached hydrogens (primary N) is 2. The molecule has 10 nitrogen and oxygen atoms in total. The number of fused-ring (bicyclic) bond motifs is 2. The molecule has 5 rings (SSSR count). The number of aromatic nitrogens is 6. The minimum absolute atomic E-state index is 0.0134. The van der Waals surface area contributed by atoms with Gasteiger partial charge in [-0.05, 0) is 31.5 Å². The number of nitrogen functional groups attached to an aromatic ring is 2. The van der Waals surface area contributed by atoms with Crippen LogP contribution >= 0.6 is 0 Å². The molecule has 14 heteroatoms. The zero-order valence-electron chi connectivity index (χ0n) is 18.9. The molecule has 1 atom stereocenters. The van der Waals surface area contributed by atoms with Crippen molar-refractivity contribution in [1.29, 1.82) is 0 Å². The quantitative estimate of drug-likeness (QED) is 0.410. The molecule has 4 N–H and O–H groups in total. The summed E-state index contributed by atoms with van der Waals surface area (Å²) in [6, 6.07) is 4.98. The predicted octanol–water partition coefficient (Wildman–Crippen LogP) is 2.75. The van der Waals surface area contributed by atoms with Gasteiger partial charge >= 0.3 is 6.18 Å². The Morgan fingerprint density at radius 2 is 1.91 bits per heavy atom. The van der Waals surface area contributed by atoms with Crippen LogP contribution in [-0.4, -0.2) is 65.4 Å². The van der Waals surface area contributed by atoms with Gasteiger partial charge in [0, 0.05) is 25.2 Å². The van der Waals surface area contributed by atoms with Crippen LogP contribution in [0.1, 0.15) is 19.2 Å². The van der Waals surface area contributed by atoms with Crippen LogP contribution in [0.5, 0.6) is 0 Å². The summed E-state index contributed by atoms with van der Waals surface area (Å²) in [6.45, 7) is 2.71. The highest BCUT2D eigenvalue weighted by atomic mass is 19.4. The molecule has 0 spiro atoms. The third-order valence-corrected chi connectivity index (χ3v) is 5.53. The number of imidazole rings is 1. The van der Waals surface area contributed by atoms with Crippen LogP contribution in [0.15, 0.2) is 24.4 Å². The number of rotatable bonds is 2. The third-order valence-electron chi connectivity index (χ3n) is 5.53. The number of nitrogens with zero attached hydrogens (tertiary/aromatic N) is 7. The fraction of sp³-hybridized carbons (Fsp3) is 0.381. The number of likely N-dealkylation sites (tertiary alicyclic amines) is 1. The minimum atomic E-state index is -4.38. The highest BCUT2D eigenvalue weighted by molar-refractivity contribution is 5.88. The van der Waals surface area contributed by atoms with Gasteiger partial charge in [0.25, 0.3) is 0 Å². The van der Waals surface area contributed by atoms with E-state index in [1.54, 1.807) is 24.4 Å². The summed E-state index contributed by atoms with van der Waals surface area (Å²) in [4.78, 5) is 24.5. The SMILES string of the molecule is CC(=O)N1CC[C@@H](F)C1.Cc1nc2ccc(-c3ccn4nc(N)nc(N)c34)nc2n1CC(F)(F)F. The van der Waals surface area contributed by atoms with E-state index in [1.807, 2.05) is 0 Å². The van der Waals surface area contributed by atoms with Crippen molar-refractivity contribution in [1.82, 2.24) is 34.0 Å². The Bertz CT molecular complexity index is 1400. The standard InChI is InChI=1S/C15H13F3N8.C6H10FNO/c1-7-21-10-3-2-9(22-13(10)25(7)6-15(16,17)18)8-4-5-26-11(8)12(19)23-14(20)24-26;1-5(9)8-3-2-6(7)4-8/h2-5H,6H2,1H3,(H4,19,20,23,24);6H,2-4H2,1H3/t;6-/m.1/s1. The van der Waals surface area contributed by atoms with E-state index in [0.717, 1.165) is 4.57 Å². The van der Waals surface area contributed by atoms with Crippen LogP contribution in [0.25, 0.3) is 27.9 Å². The highest BCUT2D eigenvalue weighted by Gasteiger charge is 2.30. The lowest BCUT2D eigenvalue weighted by atomic mass is 10.2. The van der Waals surface area contributed by atoms with Gasteiger partial charge in [0.05, 0.1) is 12.2 Å². The second-order valence-electron chi connectivity index (χ2n) is 8.13. The summed E-state index contributed by atoms with van der Waals surface area (Å²) in [6.07, 6.45) is -3.02. The summed E-state index contributed by atoms with van der Waals surface area (Å²) in [7, 11) is 0. The molecule has 0 bridgehead atoms. The van der Waals surface area contributed by atoms with Crippen molar-refractivity contribution in [3.63, 3.8) is 0 Å². The molecule has 0 radical (unpaired) electrons. The van der Waals surface area contributed by atoms with Crippen LogP contribution < -0.4 is 11.5 Å². The van der Waals surface area contributed by atoms with Gasteiger partial charge in [-0.3, -0.25) is 4.79 Å². The monoisotopic (exact) mass is 493 g/mol. The zero-order valence-corrected chi connectivity index (χ0v) is 18.9. The molecule has 5 heterocycles. The molecule has 1 amide bonds. The van der Waals surface area contributed by atoms with Crippen LogP contribution in [0.2, 0.25) is 0 Å². The first-order valence-corrected chi connectivity index (χ1v) is 10.6. The minimum Gasteiger partial charge on any atom is -0.382 e. The smallest absolute Gasteiger partial charge is 0.382 e. The summed E-state index contributed by atoms with van der Waals surface area (Å²) < 4.78 is 53.5. The van der Waals surface area contributed by atoms with Crippen LogP contribution in [0.3, 0.4) is 0 Å². The van der Waals surface area contributed by atoms with E-state index in [2.05, 4.69) is 20.1 Å². The van der Waals surface area contributed by atoms with Crippen LogP contribution in [0.4, 0.5) is 29.3 Å². The number of alkyl halides is 4. The molecular weight excluding hydrogens is 470 g/mol. The molecule has 186 valence electrons. The van der Waals surface area contributed by atoms with Crippen molar-refractivity contribution < 1.29 is 22.4 Å². The van der Waals surface area contributed by atoms with Gasteiger partial charge in [-0.2, -0.15) is 18.2 Å². The van der Waals surface area contributed by atoms with Gasteiger partial charge in [0.2, 0.25) is 11.9 Å². The number of carbonyl (C=O) groups excluding carboxylic acids is 1. The molecule has 4 aromatic heterocycles. The molecule has 1 saturated heterocycles. The number of hydrogen-bond donors (Lipinski definition) is 2. The fourth-order valence-electron chi connectivity index (χ4n) is 3.91. The second kappa shape index (κ2) is 9.00. The number of carbonyl (C=O) groups is 1. The van der Waals surface area contributed by atoms with Crippen molar-refractivity contribution >= 4 is 34.4 Å². The van der Waals surface area contributed by atoms with Crippen molar-refractivity contribution in [2.24, 2.45) is 0 Å². The first-order chi connectivity index (χ1) is 16.4. The van der Waals surface area contributed by atoms with Gasteiger partial charge in [0.1, 0.15) is 29.6 Å². The molecule has 35 heavy (non-hydrogen) atoms. The Hall–Kier alpha value is -3.97. The predicted molar refractivity (Wildman–Crippen MR) is 121 cm³/mol. The normalized spacial score (nSPS) is 16.1. The topological polar surface area (TPSA) is 133 Å². The number of halogens is 4. The molecule has 0 aliphatic carbocycles. The van der Waals surface area contributed by atoms with Crippen molar-refractivity contribution in [2.45, 2.75) is 39.2 Å². The van der Waals surface area contributed by atoms with E-state index >= 15 is 0 Å².